The van der Waals surface area contributed by atoms with Crippen LogP contribution in [0.3, 0.4) is 0 Å². The van der Waals surface area contributed by atoms with Gasteiger partial charge in [0.1, 0.15) is 18.1 Å². The smallest absolute Gasteiger partial charge is 0.326 e. The van der Waals surface area contributed by atoms with Crippen molar-refractivity contribution in [3.8, 4) is 0 Å². The van der Waals surface area contributed by atoms with Crippen LogP contribution in [0.5, 0.6) is 0 Å². The predicted octanol–water partition coefficient (Wildman–Crippen LogP) is -2.30. The maximum atomic E-state index is 12.4. The van der Waals surface area contributed by atoms with Crippen LogP contribution in [-0.4, -0.2) is 74.4 Å². The van der Waals surface area contributed by atoms with E-state index in [2.05, 4.69) is 51.2 Å². The van der Waals surface area contributed by atoms with Gasteiger partial charge >= 0.3 is 5.97 Å². The summed E-state index contributed by atoms with van der Waals surface area (Å²) in [5, 5.41) is 16.5. The minimum atomic E-state index is -1.24. The molecule has 0 saturated heterocycles. The number of rotatable bonds is 11. The molecular weight excluding hydrogens is 408 g/mol. The largest absolute Gasteiger partial charge is 0.480 e. The summed E-state index contributed by atoms with van der Waals surface area (Å²) < 4.78 is 0. The van der Waals surface area contributed by atoms with Crippen molar-refractivity contribution >= 4 is 48.9 Å². The molecule has 0 aliphatic heterocycles. The minimum Gasteiger partial charge on any atom is -0.480 e. The summed E-state index contributed by atoms with van der Waals surface area (Å²) in [5.41, 5.74) is 6.04. The highest BCUT2D eigenvalue weighted by Crippen LogP contribution is 2.01. The van der Waals surface area contributed by atoms with E-state index in [0.29, 0.717) is 5.69 Å². The molecule has 0 aromatic carbocycles. The van der Waals surface area contributed by atoms with Gasteiger partial charge in [0.2, 0.25) is 17.7 Å². The lowest BCUT2D eigenvalue weighted by Crippen LogP contribution is -2.57. The second kappa shape index (κ2) is 11.6. The molecule has 11 nitrogen and oxygen atoms in total. The van der Waals surface area contributed by atoms with Crippen LogP contribution in [0.1, 0.15) is 12.6 Å². The summed E-state index contributed by atoms with van der Waals surface area (Å²) in [7, 11) is 0. The van der Waals surface area contributed by atoms with Gasteiger partial charge in [0, 0.05) is 29.8 Å². The van der Waals surface area contributed by atoms with Crippen molar-refractivity contribution in [2.45, 2.75) is 37.5 Å². The summed E-state index contributed by atoms with van der Waals surface area (Å²) in [5.74, 6) is -3.14. The lowest BCUT2D eigenvalue weighted by molar-refractivity contribution is -0.142. The first-order valence-electron chi connectivity index (χ1n) is 8.28. The van der Waals surface area contributed by atoms with Crippen LogP contribution >= 0.6 is 25.3 Å². The van der Waals surface area contributed by atoms with Gasteiger partial charge in [-0.1, -0.05) is 0 Å². The Morgan fingerprint density at radius 1 is 1.11 bits per heavy atom. The maximum Gasteiger partial charge on any atom is 0.326 e. The molecule has 1 aromatic rings. The molecule has 4 atom stereocenters. The Morgan fingerprint density at radius 3 is 2.25 bits per heavy atom. The monoisotopic (exact) mass is 432 g/mol. The van der Waals surface area contributed by atoms with Crippen molar-refractivity contribution in [1.29, 1.82) is 0 Å². The molecule has 0 fully saturated rings. The number of carboxylic acid groups (broad SMARTS) is 1. The van der Waals surface area contributed by atoms with E-state index in [1.54, 1.807) is 0 Å². The highest BCUT2D eigenvalue weighted by atomic mass is 32.1. The molecule has 3 amide bonds. The Kier molecular flexibility index (Phi) is 9.82. The number of hydrogen-bond acceptors (Lipinski definition) is 8. The molecule has 0 aliphatic carbocycles. The zero-order valence-corrected chi connectivity index (χ0v) is 16.9. The Balaban J connectivity index is 2.66. The molecule has 156 valence electrons. The van der Waals surface area contributed by atoms with Crippen LogP contribution < -0.4 is 21.7 Å². The van der Waals surface area contributed by atoms with E-state index < -0.39 is 47.9 Å². The van der Waals surface area contributed by atoms with Gasteiger partial charge in [-0.3, -0.25) is 14.4 Å². The Hall–Kier alpha value is -2.25. The number of hydrogen-bond donors (Lipinski definition) is 8. The van der Waals surface area contributed by atoms with Crippen LogP contribution in [-0.2, 0) is 25.6 Å². The molecule has 7 N–H and O–H groups in total. The summed E-state index contributed by atoms with van der Waals surface area (Å²) in [6, 6.07) is -4.16. The van der Waals surface area contributed by atoms with E-state index in [9.17, 15) is 24.3 Å². The van der Waals surface area contributed by atoms with Gasteiger partial charge in [-0.15, -0.1) is 0 Å². The number of nitrogens with one attached hydrogen (secondary N) is 4. The van der Waals surface area contributed by atoms with Crippen molar-refractivity contribution in [2.24, 2.45) is 5.73 Å². The molecule has 0 aliphatic rings. The quantitative estimate of drug-likeness (QED) is 0.181. The lowest BCUT2D eigenvalue weighted by Gasteiger charge is -2.22. The minimum absolute atomic E-state index is 0.0115. The predicted molar refractivity (Wildman–Crippen MR) is 107 cm³/mol. The second-order valence-corrected chi connectivity index (χ2v) is 6.67. The Labute approximate surface area is 172 Å². The zero-order valence-electron chi connectivity index (χ0n) is 15.1. The van der Waals surface area contributed by atoms with Crippen molar-refractivity contribution < 1.29 is 24.3 Å². The van der Waals surface area contributed by atoms with Gasteiger partial charge in [-0.2, -0.15) is 25.3 Å². The standard InChI is InChI=1S/C15H24N6O5S2/c1-7(19-13(23)9(16)4-27)12(22)21-11(5-28)14(24)20-10(15(25)26)2-8-3-17-6-18-8/h3,6-7,9-11,27-28H,2,4-5,16H2,1H3,(H,17,18)(H,19,23)(H,20,24)(H,21,22)(H,25,26). The SMILES string of the molecule is CC(NC(=O)C(N)CS)C(=O)NC(CS)C(=O)NC(Cc1cnc[nH]1)C(=O)O. The summed E-state index contributed by atoms with van der Waals surface area (Å²) in [4.78, 5) is 54.2. The van der Waals surface area contributed by atoms with E-state index in [1.165, 1.54) is 19.4 Å². The zero-order chi connectivity index (χ0) is 21.3. The molecule has 0 radical (unpaired) electrons. The molecule has 0 spiro atoms. The van der Waals surface area contributed by atoms with E-state index >= 15 is 0 Å². The molecule has 1 rings (SSSR count). The maximum absolute atomic E-state index is 12.4. The van der Waals surface area contributed by atoms with Crippen LogP contribution in [0.4, 0.5) is 0 Å². The van der Waals surface area contributed by atoms with Crippen molar-refractivity contribution in [3.05, 3.63) is 18.2 Å². The lowest BCUT2D eigenvalue weighted by atomic mass is 10.1. The summed E-state index contributed by atoms with van der Waals surface area (Å²) in [6.45, 7) is 1.42. The Bertz CT molecular complexity index is 686. The van der Waals surface area contributed by atoms with E-state index in [1.807, 2.05) is 0 Å². The fourth-order valence-electron chi connectivity index (χ4n) is 2.05. The number of carboxylic acids is 1. The van der Waals surface area contributed by atoms with E-state index in [4.69, 9.17) is 5.73 Å². The van der Waals surface area contributed by atoms with Crippen molar-refractivity contribution in [2.75, 3.05) is 11.5 Å². The average molecular weight is 433 g/mol. The molecule has 13 heteroatoms. The van der Waals surface area contributed by atoms with E-state index in [0.717, 1.165) is 0 Å². The number of amides is 3. The molecule has 0 bridgehead atoms. The molecule has 4 unspecified atom stereocenters. The number of H-pyrrole nitrogens is 1. The summed E-state index contributed by atoms with van der Waals surface area (Å²) >= 11 is 7.92. The molecule has 1 heterocycles. The fraction of sp³-hybridized carbons (Fsp3) is 0.533. The van der Waals surface area contributed by atoms with Crippen LogP contribution in [0.2, 0.25) is 0 Å². The Morgan fingerprint density at radius 2 is 1.75 bits per heavy atom. The summed E-state index contributed by atoms with van der Waals surface area (Å²) in [6.07, 6.45) is 2.82. The second-order valence-electron chi connectivity index (χ2n) is 5.94. The fourth-order valence-corrected chi connectivity index (χ4v) is 2.47. The molecule has 0 saturated carbocycles. The normalized spacial score (nSPS) is 15.0. The number of carbonyl (C=O) groups excluding carboxylic acids is 3. The third-order valence-electron chi connectivity index (χ3n) is 3.69. The van der Waals surface area contributed by atoms with Crippen molar-refractivity contribution in [3.63, 3.8) is 0 Å². The number of aromatic amines is 1. The van der Waals surface area contributed by atoms with Gasteiger partial charge in [0.15, 0.2) is 0 Å². The van der Waals surface area contributed by atoms with E-state index in [-0.39, 0.29) is 17.9 Å². The number of aliphatic carboxylic acids is 1. The molecule has 28 heavy (non-hydrogen) atoms. The first kappa shape index (κ1) is 23.8. The average Bonchev–Trinajstić information content (AvgIpc) is 3.17. The third-order valence-corrected chi connectivity index (χ3v) is 4.45. The highest BCUT2D eigenvalue weighted by molar-refractivity contribution is 7.80. The third kappa shape index (κ3) is 7.40. The first-order valence-corrected chi connectivity index (χ1v) is 9.54. The van der Waals surface area contributed by atoms with Gasteiger partial charge in [-0.05, 0) is 6.92 Å². The number of nitrogens with two attached hydrogens (primary N) is 1. The van der Waals surface area contributed by atoms with Gasteiger partial charge in [-0.25, -0.2) is 9.78 Å². The molecule has 1 aromatic heterocycles. The van der Waals surface area contributed by atoms with Gasteiger partial charge in [0.25, 0.3) is 0 Å². The highest BCUT2D eigenvalue weighted by Gasteiger charge is 2.28. The van der Waals surface area contributed by atoms with Gasteiger partial charge in [0.05, 0.1) is 12.4 Å². The number of thiol groups is 2. The topological polar surface area (TPSA) is 179 Å². The number of carbonyl (C=O) groups is 4. The first-order chi connectivity index (χ1) is 13.2. The number of nitrogens with zero attached hydrogens (tertiary/aromatic N) is 1. The number of aromatic nitrogens is 2. The number of imidazole rings is 1. The van der Waals surface area contributed by atoms with Crippen LogP contribution in [0, 0.1) is 0 Å². The van der Waals surface area contributed by atoms with Crippen LogP contribution in [0.15, 0.2) is 12.5 Å². The van der Waals surface area contributed by atoms with Gasteiger partial charge < -0.3 is 31.8 Å². The van der Waals surface area contributed by atoms with Crippen LogP contribution in [0.25, 0.3) is 0 Å². The molecular formula is C15H24N6O5S2. The van der Waals surface area contributed by atoms with Crippen molar-refractivity contribution in [1.82, 2.24) is 25.9 Å².